The Hall–Kier alpha value is -1.22. The average Bonchev–Trinajstić information content (AvgIpc) is 1.95. The van der Waals surface area contributed by atoms with Gasteiger partial charge < -0.3 is 15.6 Å². The maximum Gasteiger partial charge on any atom is 0.186 e. The minimum absolute atomic E-state index is 0.302. The molecule has 10 heavy (non-hydrogen) atoms. The molecule has 0 aromatic heterocycles. The Morgan fingerprint density at radius 2 is 1.90 bits per heavy atom. The van der Waals surface area contributed by atoms with Gasteiger partial charge in [0.1, 0.15) is 5.75 Å². The Labute approximate surface area is 59.0 Å². The van der Waals surface area contributed by atoms with Gasteiger partial charge in [-0.15, -0.1) is 0 Å². The first-order valence-corrected chi connectivity index (χ1v) is 2.92. The Balaban J connectivity index is 2.69. The summed E-state index contributed by atoms with van der Waals surface area (Å²) in [5, 5.41) is 8.34. The zero-order valence-electron chi connectivity index (χ0n) is 5.45. The minimum Gasteiger partial charge on any atom is -0.468 e. The monoisotopic (exact) mass is 139 g/mol. The summed E-state index contributed by atoms with van der Waals surface area (Å²) < 4.78 is 4.76. The highest BCUT2D eigenvalue weighted by molar-refractivity contribution is 5.41. The molecule has 0 bridgehead atoms. The van der Waals surface area contributed by atoms with Gasteiger partial charge in [0.2, 0.25) is 0 Å². The van der Waals surface area contributed by atoms with Crippen molar-refractivity contribution in [3.63, 3.8) is 0 Å². The van der Waals surface area contributed by atoms with Crippen LogP contribution in [0, 0.1) is 0 Å². The van der Waals surface area contributed by atoms with Gasteiger partial charge in [0.25, 0.3) is 0 Å². The lowest BCUT2D eigenvalue weighted by Gasteiger charge is -2.00. The van der Waals surface area contributed by atoms with E-state index in [-0.39, 0.29) is 6.79 Å². The molecule has 3 heteroatoms. The van der Waals surface area contributed by atoms with Crippen LogP contribution in [0.5, 0.6) is 5.75 Å². The lowest BCUT2D eigenvalue weighted by atomic mass is 10.3. The first-order valence-electron chi connectivity index (χ1n) is 2.92. The van der Waals surface area contributed by atoms with E-state index in [2.05, 4.69) is 0 Å². The van der Waals surface area contributed by atoms with Crippen LogP contribution < -0.4 is 10.5 Å². The van der Waals surface area contributed by atoms with Crippen molar-refractivity contribution >= 4 is 5.69 Å². The number of rotatable bonds is 2. The molecule has 0 heterocycles. The predicted octanol–water partition coefficient (Wildman–Crippen LogP) is 0.597. The second-order valence-electron chi connectivity index (χ2n) is 1.84. The van der Waals surface area contributed by atoms with Gasteiger partial charge in [-0.2, -0.15) is 0 Å². The molecule has 0 radical (unpaired) electrons. The molecule has 0 spiro atoms. The van der Waals surface area contributed by atoms with Crippen LogP contribution in [0.3, 0.4) is 0 Å². The normalized spacial score (nSPS) is 9.30. The second kappa shape index (κ2) is 3.08. The number of anilines is 1. The molecule has 0 aliphatic heterocycles. The fourth-order valence-electron chi connectivity index (χ4n) is 0.639. The molecule has 54 valence electrons. The molecule has 1 aromatic rings. The molecule has 0 atom stereocenters. The summed E-state index contributed by atoms with van der Waals surface area (Å²) in [6, 6.07) is 6.83. The van der Waals surface area contributed by atoms with Gasteiger partial charge in [-0.05, 0) is 24.3 Å². The van der Waals surface area contributed by atoms with Gasteiger partial charge in [0.15, 0.2) is 6.79 Å². The third kappa shape index (κ3) is 1.63. The molecular weight excluding hydrogens is 130 g/mol. The zero-order valence-corrected chi connectivity index (χ0v) is 5.45. The molecule has 3 nitrogen and oxygen atoms in total. The number of nitrogen functional groups attached to an aromatic ring is 1. The van der Waals surface area contributed by atoms with Crippen molar-refractivity contribution in [1.29, 1.82) is 0 Å². The molecule has 1 rings (SSSR count). The number of aliphatic hydroxyl groups excluding tert-OH is 1. The van der Waals surface area contributed by atoms with E-state index in [4.69, 9.17) is 15.6 Å². The molecule has 0 aliphatic rings. The van der Waals surface area contributed by atoms with Gasteiger partial charge in [0, 0.05) is 5.69 Å². The second-order valence-corrected chi connectivity index (χ2v) is 1.84. The van der Waals surface area contributed by atoms with Crippen LogP contribution in [0.15, 0.2) is 24.3 Å². The molecule has 0 saturated carbocycles. The van der Waals surface area contributed by atoms with Crippen molar-refractivity contribution in [2.75, 3.05) is 12.5 Å². The first-order chi connectivity index (χ1) is 4.83. The number of hydrogen-bond acceptors (Lipinski definition) is 3. The SMILES string of the molecule is Nc1ccc(OCO)cc1. The van der Waals surface area contributed by atoms with E-state index in [1.807, 2.05) is 0 Å². The Morgan fingerprint density at radius 1 is 1.30 bits per heavy atom. The zero-order chi connectivity index (χ0) is 7.40. The van der Waals surface area contributed by atoms with Crippen molar-refractivity contribution in [2.45, 2.75) is 0 Å². The smallest absolute Gasteiger partial charge is 0.186 e. The summed E-state index contributed by atoms with van der Waals surface area (Å²) in [7, 11) is 0. The van der Waals surface area contributed by atoms with E-state index in [0.717, 1.165) is 0 Å². The minimum atomic E-state index is -0.302. The molecular formula is C7H9NO2. The largest absolute Gasteiger partial charge is 0.468 e. The third-order valence-corrected chi connectivity index (χ3v) is 1.11. The maximum absolute atomic E-state index is 8.34. The van der Waals surface area contributed by atoms with Crippen LogP contribution in [0.1, 0.15) is 0 Å². The first kappa shape index (κ1) is 6.89. The van der Waals surface area contributed by atoms with Gasteiger partial charge in [-0.25, -0.2) is 0 Å². The molecule has 0 aliphatic carbocycles. The van der Waals surface area contributed by atoms with Gasteiger partial charge >= 0.3 is 0 Å². The fourth-order valence-corrected chi connectivity index (χ4v) is 0.639. The summed E-state index contributed by atoms with van der Waals surface area (Å²) in [4.78, 5) is 0. The molecule has 0 unspecified atom stereocenters. The summed E-state index contributed by atoms with van der Waals surface area (Å²) >= 11 is 0. The highest BCUT2D eigenvalue weighted by atomic mass is 16.6. The summed E-state index contributed by atoms with van der Waals surface area (Å²) in [6.07, 6.45) is 0. The lowest BCUT2D eigenvalue weighted by molar-refractivity contribution is 0.0986. The Bertz CT molecular complexity index is 195. The molecule has 1 aromatic carbocycles. The van der Waals surface area contributed by atoms with E-state index < -0.39 is 0 Å². The van der Waals surface area contributed by atoms with E-state index in [9.17, 15) is 0 Å². The molecule has 0 saturated heterocycles. The van der Waals surface area contributed by atoms with Gasteiger partial charge in [0.05, 0.1) is 0 Å². The third-order valence-electron chi connectivity index (χ3n) is 1.11. The predicted molar refractivity (Wildman–Crippen MR) is 38.6 cm³/mol. The van der Waals surface area contributed by atoms with Crippen LogP contribution in [0.2, 0.25) is 0 Å². The van der Waals surface area contributed by atoms with Crippen molar-refractivity contribution < 1.29 is 9.84 Å². The van der Waals surface area contributed by atoms with Crippen LogP contribution in [0.25, 0.3) is 0 Å². The van der Waals surface area contributed by atoms with Crippen LogP contribution >= 0.6 is 0 Å². The fraction of sp³-hybridized carbons (Fsp3) is 0.143. The molecule has 3 N–H and O–H groups in total. The lowest BCUT2D eigenvalue weighted by Crippen LogP contribution is -1.94. The Kier molecular flexibility index (Phi) is 2.12. The summed E-state index contributed by atoms with van der Waals surface area (Å²) in [5.41, 5.74) is 6.09. The number of nitrogens with two attached hydrogens (primary N) is 1. The van der Waals surface area contributed by atoms with E-state index in [1.165, 1.54) is 0 Å². The van der Waals surface area contributed by atoms with Crippen LogP contribution in [0.4, 0.5) is 5.69 Å². The number of benzene rings is 1. The summed E-state index contributed by atoms with van der Waals surface area (Å²) in [5.74, 6) is 0.622. The molecule has 0 amide bonds. The van der Waals surface area contributed by atoms with E-state index in [1.54, 1.807) is 24.3 Å². The number of aliphatic hydroxyl groups is 1. The van der Waals surface area contributed by atoms with Crippen molar-refractivity contribution in [1.82, 2.24) is 0 Å². The standard InChI is InChI=1S/C7H9NO2/c8-6-1-3-7(4-2-6)10-5-9/h1-4,9H,5,8H2. The average molecular weight is 139 g/mol. The van der Waals surface area contributed by atoms with Crippen LogP contribution in [-0.2, 0) is 0 Å². The van der Waals surface area contributed by atoms with E-state index >= 15 is 0 Å². The highest BCUT2D eigenvalue weighted by Crippen LogP contribution is 2.12. The molecule has 0 fully saturated rings. The van der Waals surface area contributed by atoms with Crippen LogP contribution in [-0.4, -0.2) is 11.9 Å². The topological polar surface area (TPSA) is 55.5 Å². The highest BCUT2D eigenvalue weighted by Gasteiger charge is 1.88. The van der Waals surface area contributed by atoms with Gasteiger partial charge in [-0.3, -0.25) is 0 Å². The van der Waals surface area contributed by atoms with Crippen molar-refractivity contribution in [2.24, 2.45) is 0 Å². The summed E-state index contributed by atoms with van der Waals surface area (Å²) in [6.45, 7) is -0.302. The number of ether oxygens (including phenoxy) is 1. The quantitative estimate of drug-likeness (QED) is 0.466. The number of hydrogen-bond donors (Lipinski definition) is 2. The maximum atomic E-state index is 8.34. The van der Waals surface area contributed by atoms with E-state index in [0.29, 0.717) is 11.4 Å². The Morgan fingerprint density at radius 3 is 2.40 bits per heavy atom. The van der Waals surface area contributed by atoms with Gasteiger partial charge in [-0.1, -0.05) is 0 Å². The van der Waals surface area contributed by atoms with Crippen molar-refractivity contribution in [3.8, 4) is 5.75 Å². The van der Waals surface area contributed by atoms with Crippen molar-refractivity contribution in [3.05, 3.63) is 24.3 Å².